The minimum absolute atomic E-state index is 0.198. The molecule has 0 atom stereocenters. The lowest BCUT2D eigenvalue weighted by molar-refractivity contribution is 0.100. The number of rotatable bonds is 2. The second kappa shape index (κ2) is 5.66. The van der Waals surface area contributed by atoms with Crippen LogP contribution < -0.4 is 0 Å². The first kappa shape index (κ1) is 11.9. The molecule has 0 fully saturated rings. The van der Waals surface area contributed by atoms with Crippen molar-refractivity contribution in [1.82, 2.24) is 0 Å². The molecule has 0 saturated carbocycles. The second-order valence-corrected chi connectivity index (χ2v) is 3.80. The minimum atomic E-state index is -0.558. The number of azide groups is 1. The van der Waals surface area contributed by atoms with Gasteiger partial charge in [-0.2, -0.15) is 0 Å². The van der Waals surface area contributed by atoms with Crippen LogP contribution in [0.2, 0.25) is 0 Å². The highest BCUT2D eigenvalue weighted by Gasteiger charge is 2.07. The number of hydrogen-bond donors (Lipinski definition) is 0. The van der Waals surface area contributed by atoms with Crippen LogP contribution in [0.5, 0.6) is 0 Å². The van der Waals surface area contributed by atoms with Crippen LogP contribution in [0, 0.1) is 0 Å². The molecule has 2 rings (SSSR count). The molecule has 1 aromatic rings. The molecule has 0 saturated heterocycles. The van der Waals surface area contributed by atoms with Crippen molar-refractivity contribution in [2.24, 2.45) is 5.11 Å². The molecule has 0 N–H and O–H groups in total. The first-order valence-corrected chi connectivity index (χ1v) is 5.52. The molecule has 88 valence electrons. The van der Waals surface area contributed by atoms with Crippen molar-refractivity contribution in [2.75, 3.05) is 0 Å². The van der Waals surface area contributed by atoms with Crippen molar-refractivity contribution in [3.05, 3.63) is 82.3 Å². The van der Waals surface area contributed by atoms with E-state index in [0.29, 0.717) is 5.56 Å². The van der Waals surface area contributed by atoms with Crippen LogP contribution in [0.4, 0.5) is 0 Å². The van der Waals surface area contributed by atoms with Crippen molar-refractivity contribution in [3.8, 4) is 0 Å². The summed E-state index contributed by atoms with van der Waals surface area (Å²) in [5.74, 6) is -0.360. The average Bonchev–Trinajstić information content (AvgIpc) is 2.68. The van der Waals surface area contributed by atoms with Crippen LogP contribution in [0.15, 0.2) is 65.8 Å². The standard InChI is InChI=1S/C14H11N3O/c15-17-16-14(18)13-9-7-12(8-10-13)11-5-3-1-2-4-6-11/h1-11H. The van der Waals surface area contributed by atoms with Gasteiger partial charge in [-0.3, -0.25) is 4.79 Å². The molecule has 0 spiro atoms. The molecule has 1 aromatic carbocycles. The van der Waals surface area contributed by atoms with Crippen LogP contribution in [-0.4, -0.2) is 5.91 Å². The Kier molecular flexibility index (Phi) is 3.74. The van der Waals surface area contributed by atoms with E-state index in [0.717, 1.165) is 5.56 Å². The Morgan fingerprint density at radius 1 is 1.06 bits per heavy atom. The highest BCUT2D eigenvalue weighted by atomic mass is 16.1. The van der Waals surface area contributed by atoms with Gasteiger partial charge < -0.3 is 0 Å². The summed E-state index contributed by atoms with van der Waals surface area (Å²) in [4.78, 5) is 13.8. The van der Waals surface area contributed by atoms with Gasteiger partial charge in [0.15, 0.2) is 0 Å². The Balaban J connectivity index is 2.22. The molecule has 0 bridgehead atoms. The largest absolute Gasteiger partial charge is 0.287 e. The number of allylic oxidation sites excluding steroid dienone is 6. The van der Waals surface area contributed by atoms with Gasteiger partial charge >= 0.3 is 0 Å². The summed E-state index contributed by atoms with van der Waals surface area (Å²) in [5, 5.41) is 3.06. The summed E-state index contributed by atoms with van der Waals surface area (Å²) < 4.78 is 0. The van der Waals surface area contributed by atoms with Crippen molar-refractivity contribution < 1.29 is 4.79 Å². The van der Waals surface area contributed by atoms with Gasteiger partial charge in [0, 0.05) is 16.4 Å². The van der Waals surface area contributed by atoms with Crippen LogP contribution in [0.25, 0.3) is 10.4 Å². The molecule has 1 aliphatic carbocycles. The summed E-state index contributed by atoms with van der Waals surface area (Å²) in [6.45, 7) is 0. The van der Waals surface area contributed by atoms with Crippen molar-refractivity contribution in [2.45, 2.75) is 5.92 Å². The van der Waals surface area contributed by atoms with E-state index < -0.39 is 5.91 Å². The molecule has 1 aliphatic rings. The minimum Gasteiger partial charge on any atom is -0.287 e. The van der Waals surface area contributed by atoms with E-state index in [4.69, 9.17) is 5.53 Å². The summed E-state index contributed by atoms with van der Waals surface area (Å²) in [6, 6.07) is 7.08. The van der Waals surface area contributed by atoms with Crippen LogP contribution in [0.3, 0.4) is 0 Å². The van der Waals surface area contributed by atoms with E-state index in [1.165, 1.54) is 0 Å². The van der Waals surface area contributed by atoms with Crippen molar-refractivity contribution in [1.29, 1.82) is 0 Å². The van der Waals surface area contributed by atoms with Crippen LogP contribution >= 0.6 is 0 Å². The number of amides is 1. The number of carbonyl (C=O) groups excluding carboxylic acids is 1. The third-order valence-electron chi connectivity index (χ3n) is 2.65. The van der Waals surface area contributed by atoms with Crippen molar-refractivity contribution >= 4 is 5.91 Å². The summed E-state index contributed by atoms with van der Waals surface area (Å²) >= 11 is 0. The summed E-state index contributed by atoms with van der Waals surface area (Å²) in [7, 11) is 0. The van der Waals surface area contributed by atoms with Crippen LogP contribution in [0.1, 0.15) is 21.8 Å². The first-order chi connectivity index (χ1) is 8.81. The van der Waals surface area contributed by atoms with Gasteiger partial charge in [-0.05, 0) is 16.2 Å². The maximum absolute atomic E-state index is 11.3. The maximum atomic E-state index is 11.3. The average molecular weight is 237 g/mol. The highest BCUT2D eigenvalue weighted by molar-refractivity contribution is 5.94. The number of nitrogens with zero attached hydrogens (tertiary/aromatic N) is 3. The molecular weight excluding hydrogens is 226 g/mol. The predicted octanol–water partition coefficient (Wildman–Crippen LogP) is 3.90. The Labute approximate surface area is 105 Å². The summed E-state index contributed by atoms with van der Waals surface area (Å²) in [5.41, 5.74) is 9.69. The summed E-state index contributed by atoms with van der Waals surface area (Å²) in [6.07, 6.45) is 12.1. The monoisotopic (exact) mass is 237 g/mol. The van der Waals surface area contributed by atoms with Gasteiger partial charge in [0.05, 0.1) is 0 Å². The van der Waals surface area contributed by atoms with E-state index in [9.17, 15) is 4.79 Å². The Morgan fingerprint density at radius 2 is 1.67 bits per heavy atom. The predicted molar refractivity (Wildman–Crippen MR) is 70.1 cm³/mol. The van der Waals surface area contributed by atoms with Gasteiger partial charge in [-0.1, -0.05) is 60.7 Å². The highest BCUT2D eigenvalue weighted by Crippen LogP contribution is 2.21. The lowest BCUT2D eigenvalue weighted by Crippen LogP contribution is -1.95. The van der Waals surface area contributed by atoms with Gasteiger partial charge in [0.25, 0.3) is 0 Å². The normalized spacial score (nSPS) is 14.0. The lowest BCUT2D eigenvalue weighted by atomic mass is 9.97. The van der Waals surface area contributed by atoms with Crippen LogP contribution in [-0.2, 0) is 0 Å². The Bertz CT molecular complexity index is 560. The molecule has 0 heterocycles. The maximum Gasteiger partial charge on any atom is 0.249 e. The van der Waals surface area contributed by atoms with E-state index in [-0.39, 0.29) is 5.92 Å². The van der Waals surface area contributed by atoms with Crippen molar-refractivity contribution in [3.63, 3.8) is 0 Å². The zero-order chi connectivity index (χ0) is 12.8. The molecule has 0 aromatic heterocycles. The van der Waals surface area contributed by atoms with E-state index in [2.05, 4.69) is 22.2 Å². The molecule has 0 radical (unpaired) electrons. The molecule has 1 amide bonds. The fourth-order valence-corrected chi connectivity index (χ4v) is 1.73. The van der Waals surface area contributed by atoms with E-state index >= 15 is 0 Å². The molecule has 4 nitrogen and oxygen atoms in total. The third kappa shape index (κ3) is 2.75. The zero-order valence-electron chi connectivity index (χ0n) is 9.60. The van der Waals surface area contributed by atoms with E-state index in [1.807, 2.05) is 36.4 Å². The van der Waals surface area contributed by atoms with Gasteiger partial charge in [0.2, 0.25) is 5.91 Å². The van der Waals surface area contributed by atoms with Gasteiger partial charge in [0.1, 0.15) is 0 Å². The lowest BCUT2D eigenvalue weighted by Gasteiger charge is -2.07. The number of carbonyl (C=O) groups is 1. The molecular formula is C14H11N3O. The Hall–Kier alpha value is -2.58. The fraction of sp³-hybridized carbons (Fsp3) is 0.0714. The smallest absolute Gasteiger partial charge is 0.249 e. The molecule has 18 heavy (non-hydrogen) atoms. The van der Waals surface area contributed by atoms with E-state index in [1.54, 1.807) is 12.1 Å². The topological polar surface area (TPSA) is 65.8 Å². The number of benzene rings is 1. The zero-order valence-corrected chi connectivity index (χ0v) is 9.60. The SMILES string of the molecule is [N-]=[N+]=NC(=O)c1ccc(C2C=CC=CC=C2)cc1. The molecule has 0 aliphatic heterocycles. The molecule has 0 unspecified atom stereocenters. The van der Waals surface area contributed by atoms with Gasteiger partial charge in [-0.25, -0.2) is 0 Å². The molecule has 4 heteroatoms. The second-order valence-electron chi connectivity index (χ2n) is 3.80. The first-order valence-electron chi connectivity index (χ1n) is 5.52. The fourth-order valence-electron chi connectivity index (χ4n) is 1.73. The quantitative estimate of drug-likeness (QED) is 0.437. The Morgan fingerprint density at radius 3 is 2.22 bits per heavy atom. The van der Waals surface area contributed by atoms with Gasteiger partial charge in [-0.15, -0.1) is 0 Å². The number of hydrogen-bond acceptors (Lipinski definition) is 1. The third-order valence-corrected chi connectivity index (χ3v) is 2.65.